The molecule has 84 valence electrons. The first-order chi connectivity index (χ1) is 7.79. The lowest BCUT2D eigenvalue weighted by molar-refractivity contribution is 0.0956. The summed E-state index contributed by atoms with van der Waals surface area (Å²) in [6, 6.07) is 7.43. The average molecular weight is 235 g/mol. The average Bonchev–Trinajstić information content (AvgIpc) is 3.03. The quantitative estimate of drug-likeness (QED) is 0.708. The van der Waals surface area contributed by atoms with Crippen LogP contribution in [0.15, 0.2) is 24.3 Å². The van der Waals surface area contributed by atoms with Gasteiger partial charge in [0.15, 0.2) is 5.78 Å². The van der Waals surface area contributed by atoms with E-state index in [-0.39, 0.29) is 11.7 Å². The van der Waals surface area contributed by atoms with E-state index in [0.29, 0.717) is 16.9 Å². The molecule has 0 bridgehead atoms. The smallest absolute Gasteiger partial charge is 0.168 e. The van der Waals surface area contributed by atoms with Gasteiger partial charge < -0.3 is 0 Å². The van der Waals surface area contributed by atoms with Crippen molar-refractivity contribution in [1.82, 2.24) is 0 Å². The Morgan fingerprint density at radius 1 is 1.12 bits per heavy atom. The zero-order valence-electron chi connectivity index (χ0n) is 9.16. The molecule has 0 radical (unpaired) electrons. The minimum absolute atomic E-state index is 0.280. The molecule has 1 aromatic carbocycles. The van der Waals surface area contributed by atoms with Crippen LogP contribution in [0.5, 0.6) is 0 Å². The summed E-state index contributed by atoms with van der Waals surface area (Å²) >= 11 is 6.07. The summed E-state index contributed by atoms with van der Waals surface area (Å²) in [6.45, 7) is 0. The first-order valence-electron chi connectivity index (χ1n) is 6.08. The van der Waals surface area contributed by atoms with E-state index in [4.69, 9.17) is 11.6 Å². The van der Waals surface area contributed by atoms with E-state index in [1.54, 1.807) is 6.07 Å². The highest BCUT2D eigenvalue weighted by molar-refractivity contribution is 6.34. The highest BCUT2D eigenvalue weighted by Crippen LogP contribution is 2.56. The second kappa shape index (κ2) is 3.89. The minimum Gasteiger partial charge on any atom is -0.294 e. The van der Waals surface area contributed by atoms with Gasteiger partial charge in [-0.05, 0) is 36.8 Å². The third-order valence-corrected chi connectivity index (χ3v) is 4.43. The second-order valence-corrected chi connectivity index (χ2v) is 5.39. The Kier molecular flexibility index (Phi) is 2.51. The predicted molar refractivity (Wildman–Crippen MR) is 64.7 cm³/mol. The first-order valence-corrected chi connectivity index (χ1v) is 6.45. The van der Waals surface area contributed by atoms with Crippen LogP contribution in [0.3, 0.4) is 0 Å². The molecular formula is C14H15ClO. The van der Waals surface area contributed by atoms with Gasteiger partial charge in [0, 0.05) is 11.5 Å². The summed E-state index contributed by atoms with van der Waals surface area (Å²) in [7, 11) is 0. The van der Waals surface area contributed by atoms with Gasteiger partial charge in [0.25, 0.3) is 0 Å². The highest BCUT2D eigenvalue weighted by Gasteiger charge is 2.54. The Bertz CT molecular complexity index is 414. The first kappa shape index (κ1) is 10.3. The van der Waals surface area contributed by atoms with E-state index >= 15 is 0 Å². The summed E-state index contributed by atoms with van der Waals surface area (Å²) in [5.41, 5.74) is 0.726. The van der Waals surface area contributed by atoms with Gasteiger partial charge in [-0.3, -0.25) is 4.79 Å². The van der Waals surface area contributed by atoms with E-state index in [1.165, 1.54) is 25.7 Å². The molecule has 2 aliphatic carbocycles. The van der Waals surface area contributed by atoms with Crippen LogP contribution >= 0.6 is 11.6 Å². The molecule has 0 aliphatic heterocycles. The van der Waals surface area contributed by atoms with Crippen LogP contribution in [0.2, 0.25) is 5.02 Å². The Morgan fingerprint density at radius 2 is 1.75 bits per heavy atom. The van der Waals surface area contributed by atoms with Crippen LogP contribution in [-0.2, 0) is 0 Å². The van der Waals surface area contributed by atoms with Gasteiger partial charge in [-0.25, -0.2) is 0 Å². The Morgan fingerprint density at radius 3 is 2.38 bits per heavy atom. The highest BCUT2D eigenvalue weighted by atomic mass is 35.5. The molecule has 1 nitrogen and oxygen atoms in total. The molecule has 3 rings (SSSR count). The fourth-order valence-electron chi connectivity index (χ4n) is 3.22. The van der Waals surface area contributed by atoms with Crippen LogP contribution in [0.25, 0.3) is 0 Å². The van der Waals surface area contributed by atoms with Crippen LogP contribution in [0.4, 0.5) is 0 Å². The number of hydrogen-bond acceptors (Lipinski definition) is 1. The maximum atomic E-state index is 12.3. The maximum Gasteiger partial charge on any atom is 0.168 e. The molecule has 2 heteroatoms. The number of Topliss-reactive ketones (excluding diaryl/α,β-unsaturated/α-hetero) is 1. The van der Waals surface area contributed by atoms with E-state index in [9.17, 15) is 4.79 Å². The number of ketones is 1. The molecule has 0 saturated heterocycles. The van der Waals surface area contributed by atoms with Crippen molar-refractivity contribution in [2.75, 3.05) is 0 Å². The lowest BCUT2D eigenvalue weighted by Gasteiger charge is -2.04. The molecule has 0 aromatic heterocycles. The molecule has 2 unspecified atom stereocenters. The van der Waals surface area contributed by atoms with Crippen LogP contribution in [0, 0.1) is 17.8 Å². The van der Waals surface area contributed by atoms with Gasteiger partial charge in [0.1, 0.15) is 0 Å². The van der Waals surface area contributed by atoms with Crippen molar-refractivity contribution in [1.29, 1.82) is 0 Å². The molecule has 2 atom stereocenters. The lowest BCUT2D eigenvalue weighted by Crippen LogP contribution is -2.04. The summed E-state index contributed by atoms with van der Waals surface area (Å²) < 4.78 is 0. The number of hydrogen-bond donors (Lipinski definition) is 0. The number of fused-ring (bicyclic) bond motifs is 1. The number of carbonyl (C=O) groups excluding carboxylic acids is 1. The lowest BCUT2D eigenvalue weighted by atomic mass is 10.0. The Hall–Kier alpha value is -0.820. The molecule has 0 heterocycles. The topological polar surface area (TPSA) is 17.1 Å². The molecule has 2 saturated carbocycles. The van der Waals surface area contributed by atoms with E-state index < -0.39 is 0 Å². The van der Waals surface area contributed by atoms with Gasteiger partial charge in [-0.15, -0.1) is 0 Å². The second-order valence-electron chi connectivity index (χ2n) is 4.98. The van der Waals surface area contributed by atoms with Crippen LogP contribution in [0.1, 0.15) is 36.0 Å². The summed E-state index contributed by atoms with van der Waals surface area (Å²) in [6.07, 6.45) is 5.08. The van der Waals surface area contributed by atoms with E-state index in [2.05, 4.69) is 0 Å². The van der Waals surface area contributed by atoms with E-state index in [1.807, 2.05) is 18.2 Å². The maximum absolute atomic E-state index is 12.3. The van der Waals surface area contributed by atoms with Gasteiger partial charge in [0.05, 0.1) is 5.02 Å². The van der Waals surface area contributed by atoms with Gasteiger partial charge in [-0.2, -0.15) is 0 Å². The standard InChI is InChI=1S/C14H15ClO/c15-12-8-4-3-7-11(12)14(16)13-9-5-1-2-6-10(9)13/h3-4,7-10,13H,1-2,5-6H2. The summed E-state index contributed by atoms with van der Waals surface area (Å²) in [4.78, 5) is 12.3. The molecule has 2 fully saturated rings. The molecule has 1 aromatic rings. The van der Waals surface area contributed by atoms with Crippen molar-refractivity contribution in [3.05, 3.63) is 34.9 Å². The fraction of sp³-hybridized carbons (Fsp3) is 0.500. The molecule has 0 amide bonds. The third kappa shape index (κ3) is 1.58. The monoisotopic (exact) mass is 234 g/mol. The van der Waals surface area contributed by atoms with Crippen LogP contribution in [-0.4, -0.2) is 5.78 Å². The van der Waals surface area contributed by atoms with Crippen LogP contribution < -0.4 is 0 Å². The molecule has 0 N–H and O–H groups in total. The summed E-state index contributed by atoms with van der Waals surface area (Å²) in [5, 5.41) is 0.608. The van der Waals surface area contributed by atoms with Crippen molar-refractivity contribution in [3.8, 4) is 0 Å². The number of benzene rings is 1. The number of halogens is 1. The largest absolute Gasteiger partial charge is 0.294 e. The zero-order chi connectivity index (χ0) is 11.1. The van der Waals surface area contributed by atoms with E-state index in [0.717, 1.165) is 5.56 Å². The summed E-state index contributed by atoms with van der Waals surface area (Å²) in [5.74, 6) is 1.89. The van der Waals surface area contributed by atoms with Crippen molar-refractivity contribution in [2.24, 2.45) is 17.8 Å². The van der Waals surface area contributed by atoms with Gasteiger partial charge in [-0.1, -0.05) is 36.6 Å². The third-order valence-electron chi connectivity index (χ3n) is 4.10. The molecule has 2 aliphatic rings. The molecular weight excluding hydrogens is 220 g/mol. The Labute approximate surface area is 101 Å². The van der Waals surface area contributed by atoms with Crippen molar-refractivity contribution < 1.29 is 4.79 Å². The normalized spacial score (nSPS) is 31.9. The van der Waals surface area contributed by atoms with Gasteiger partial charge in [0.2, 0.25) is 0 Å². The molecule has 16 heavy (non-hydrogen) atoms. The van der Waals surface area contributed by atoms with Crippen molar-refractivity contribution >= 4 is 17.4 Å². The Balaban J connectivity index is 1.82. The zero-order valence-corrected chi connectivity index (χ0v) is 9.91. The molecule has 0 spiro atoms. The van der Waals surface area contributed by atoms with Gasteiger partial charge >= 0.3 is 0 Å². The SMILES string of the molecule is O=C(c1ccccc1Cl)C1C2CCCCC21. The number of carbonyl (C=O) groups is 1. The van der Waals surface area contributed by atoms with Crippen molar-refractivity contribution in [3.63, 3.8) is 0 Å². The number of rotatable bonds is 2. The fourth-order valence-corrected chi connectivity index (χ4v) is 3.45. The predicted octanol–water partition coefficient (Wildman–Crippen LogP) is 3.96. The van der Waals surface area contributed by atoms with Crippen molar-refractivity contribution in [2.45, 2.75) is 25.7 Å². The minimum atomic E-state index is 0.280.